The summed E-state index contributed by atoms with van der Waals surface area (Å²) in [4.78, 5) is 0. The van der Waals surface area contributed by atoms with Gasteiger partial charge in [0.1, 0.15) is 0 Å². The smallest absolute Gasteiger partial charge is 0.0815 e. The van der Waals surface area contributed by atoms with Crippen molar-refractivity contribution in [3.8, 4) is 0 Å². The molecule has 0 spiro atoms. The van der Waals surface area contributed by atoms with Crippen molar-refractivity contribution in [1.82, 2.24) is 19.6 Å². The number of aryl methyl sites for hydroxylation is 1. The van der Waals surface area contributed by atoms with Gasteiger partial charge in [-0.25, -0.2) is 0 Å². The van der Waals surface area contributed by atoms with Crippen LogP contribution >= 0.6 is 0 Å². The molecule has 0 radical (unpaired) electrons. The molecule has 1 aliphatic rings. The van der Waals surface area contributed by atoms with Gasteiger partial charge in [0.05, 0.1) is 30.2 Å². The Morgan fingerprint density at radius 1 is 1.32 bits per heavy atom. The van der Waals surface area contributed by atoms with Crippen molar-refractivity contribution in [2.24, 2.45) is 7.05 Å². The second-order valence-corrected chi connectivity index (χ2v) is 5.34. The topological polar surface area (TPSA) is 47.7 Å². The zero-order chi connectivity index (χ0) is 13.1. The van der Waals surface area contributed by atoms with E-state index < -0.39 is 0 Å². The molecule has 2 heterocycles. The SMILES string of the molecule is Cn1cc(NCc2ccn(C3CCCCC3)n2)cn1. The average Bonchev–Trinajstić information content (AvgIpc) is 3.06. The Kier molecular flexibility index (Phi) is 3.53. The number of hydrogen-bond acceptors (Lipinski definition) is 3. The minimum Gasteiger partial charge on any atom is -0.377 e. The molecule has 0 unspecified atom stereocenters. The minimum absolute atomic E-state index is 0.612. The number of nitrogens with zero attached hydrogens (tertiary/aromatic N) is 4. The van der Waals surface area contributed by atoms with E-state index >= 15 is 0 Å². The number of anilines is 1. The Balaban J connectivity index is 1.58. The fourth-order valence-electron chi connectivity index (χ4n) is 2.73. The minimum atomic E-state index is 0.612. The summed E-state index contributed by atoms with van der Waals surface area (Å²) < 4.78 is 3.95. The monoisotopic (exact) mass is 259 g/mol. The molecule has 19 heavy (non-hydrogen) atoms. The van der Waals surface area contributed by atoms with Gasteiger partial charge in [-0.15, -0.1) is 0 Å². The van der Waals surface area contributed by atoms with Crippen molar-refractivity contribution in [2.75, 3.05) is 5.32 Å². The highest BCUT2D eigenvalue weighted by atomic mass is 15.3. The van der Waals surface area contributed by atoms with Crippen LogP contribution in [0.15, 0.2) is 24.7 Å². The normalized spacial score (nSPS) is 16.7. The van der Waals surface area contributed by atoms with Crippen molar-refractivity contribution in [3.63, 3.8) is 0 Å². The van der Waals surface area contributed by atoms with Crippen LogP contribution in [-0.2, 0) is 13.6 Å². The molecule has 3 rings (SSSR count). The van der Waals surface area contributed by atoms with Crippen molar-refractivity contribution in [1.29, 1.82) is 0 Å². The van der Waals surface area contributed by atoms with Crippen molar-refractivity contribution < 1.29 is 0 Å². The van der Waals surface area contributed by atoms with Gasteiger partial charge in [-0.3, -0.25) is 9.36 Å². The third-order valence-electron chi connectivity index (χ3n) is 3.79. The molecule has 1 N–H and O–H groups in total. The summed E-state index contributed by atoms with van der Waals surface area (Å²) in [6, 6.07) is 2.72. The van der Waals surface area contributed by atoms with Gasteiger partial charge in [0.2, 0.25) is 0 Å². The van der Waals surface area contributed by atoms with Crippen LogP contribution in [0.25, 0.3) is 0 Å². The van der Waals surface area contributed by atoms with Gasteiger partial charge in [-0.2, -0.15) is 10.2 Å². The van der Waals surface area contributed by atoms with Gasteiger partial charge in [0, 0.05) is 19.4 Å². The first kappa shape index (κ1) is 12.3. The fraction of sp³-hybridized carbons (Fsp3) is 0.571. The lowest BCUT2D eigenvalue weighted by Gasteiger charge is -2.21. The molecule has 0 saturated heterocycles. The zero-order valence-electron chi connectivity index (χ0n) is 11.4. The largest absolute Gasteiger partial charge is 0.377 e. The molecule has 0 atom stereocenters. The first-order valence-corrected chi connectivity index (χ1v) is 7.08. The van der Waals surface area contributed by atoms with Crippen LogP contribution in [-0.4, -0.2) is 19.6 Å². The van der Waals surface area contributed by atoms with Crippen LogP contribution in [0.1, 0.15) is 43.8 Å². The van der Waals surface area contributed by atoms with E-state index in [1.807, 2.05) is 19.4 Å². The average molecular weight is 259 g/mol. The summed E-state index contributed by atoms with van der Waals surface area (Å²) in [5.74, 6) is 0. The Bertz CT molecular complexity index is 521. The molecule has 1 fully saturated rings. The molecular weight excluding hydrogens is 238 g/mol. The Hall–Kier alpha value is -1.78. The third kappa shape index (κ3) is 2.97. The van der Waals surface area contributed by atoms with E-state index in [-0.39, 0.29) is 0 Å². The zero-order valence-corrected chi connectivity index (χ0v) is 11.4. The second kappa shape index (κ2) is 5.47. The molecule has 5 heteroatoms. The summed E-state index contributed by atoms with van der Waals surface area (Å²) in [6.45, 7) is 0.755. The van der Waals surface area contributed by atoms with Gasteiger partial charge in [-0.1, -0.05) is 19.3 Å². The van der Waals surface area contributed by atoms with E-state index in [0.717, 1.165) is 17.9 Å². The lowest BCUT2D eigenvalue weighted by molar-refractivity contribution is 0.328. The highest BCUT2D eigenvalue weighted by Crippen LogP contribution is 2.27. The molecule has 0 aliphatic heterocycles. The van der Waals surface area contributed by atoms with Crippen LogP contribution in [0.5, 0.6) is 0 Å². The molecule has 0 amide bonds. The van der Waals surface area contributed by atoms with E-state index in [1.165, 1.54) is 32.1 Å². The lowest BCUT2D eigenvalue weighted by Crippen LogP contribution is -2.13. The summed E-state index contributed by atoms with van der Waals surface area (Å²) in [6.07, 6.45) is 12.5. The summed E-state index contributed by atoms with van der Waals surface area (Å²) >= 11 is 0. The first-order valence-electron chi connectivity index (χ1n) is 7.08. The van der Waals surface area contributed by atoms with Gasteiger partial charge in [-0.05, 0) is 18.9 Å². The summed E-state index contributed by atoms with van der Waals surface area (Å²) in [5.41, 5.74) is 2.13. The molecule has 1 saturated carbocycles. The maximum atomic E-state index is 4.68. The van der Waals surface area contributed by atoms with Gasteiger partial charge in [0.15, 0.2) is 0 Å². The standard InChI is InChI=1S/C14H21N5/c1-18-11-13(10-16-18)15-9-12-7-8-19(17-12)14-5-3-2-4-6-14/h7-8,10-11,14-15H,2-6,9H2,1H3. The predicted octanol–water partition coefficient (Wildman–Crippen LogP) is 2.73. The van der Waals surface area contributed by atoms with E-state index in [2.05, 4.69) is 32.5 Å². The fourth-order valence-corrected chi connectivity index (χ4v) is 2.73. The van der Waals surface area contributed by atoms with Crippen molar-refractivity contribution in [3.05, 3.63) is 30.4 Å². The number of hydrogen-bond donors (Lipinski definition) is 1. The highest BCUT2D eigenvalue weighted by molar-refractivity contribution is 5.38. The molecule has 0 bridgehead atoms. The van der Waals surface area contributed by atoms with E-state index in [1.54, 1.807) is 4.68 Å². The lowest BCUT2D eigenvalue weighted by atomic mass is 9.96. The summed E-state index contributed by atoms with van der Waals surface area (Å²) in [7, 11) is 1.92. The Morgan fingerprint density at radius 3 is 2.89 bits per heavy atom. The van der Waals surface area contributed by atoms with Crippen LogP contribution in [0, 0.1) is 0 Å². The summed E-state index contributed by atoms with van der Waals surface area (Å²) in [5, 5.41) is 12.2. The van der Waals surface area contributed by atoms with Crippen molar-refractivity contribution in [2.45, 2.75) is 44.7 Å². The molecule has 2 aromatic heterocycles. The maximum absolute atomic E-state index is 4.68. The van der Waals surface area contributed by atoms with Gasteiger partial charge < -0.3 is 5.32 Å². The van der Waals surface area contributed by atoms with Crippen LogP contribution in [0.3, 0.4) is 0 Å². The van der Waals surface area contributed by atoms with Crippen molar-refractivity contribution >= 4 is 5.69 Å². The maximum Gasteiger partial charge on any atom is 0.0815 e. The van der Waals surface area contributed by atoms with E-state index in [9.17, 15) is 0 Å². The number of rotatable bonds is 4. The molecule has 102 valence electrons. The molecule has 5 nitrogen and oxygen atoms in total. The van der Waals surface area contributed by atoms with E-state index in [4.69, 9.17) is 0 Å². The Labute approximate surface area is 113 Å². The van der Waals surface area contributed by atoms with E-state index in [0.29, 0.717) is 6.04 Å². The Morgan fingerprint density at radius 2 is 2.16 bits per heavy atom. The first-order chi connectivity index (χ1) is 9.31. The predicted molar refractivity (Wildman–Crippen MR) is 74.9 cm³/mol. The van der Waals surface area contributed by atoms with Gasteiger partial charge >= 0.3 is 0 Å². The molecule has 1 aliphatic carbocycles. The third-order valence-corrected chi connectivity index (χ3v) is 3.79. The number of aromatic nitrogens is 4. The molecule has 0 aromatic carbocycles. The highest BCUT2D eigenvalue weighted by Gasteiger charge is 2.15. The molecule has 2 aromatic rings. The van der Waals surface area contributed by atoms with Crippen LogP contribution < -0.4 is 5.32 Å². The molecular formula is C14H21N5. The quantitative estimate of drug-likeness (QED) is 0.918. The number of nitrogens with one attached hydrogen (secondary N) is 1. The van der Waals surface area contributed by atoms with Gasteiger partial charge in [0.25, 0.3) is 0 Å². The second-order valence-electron chi connectivity index (χ2n) is 5.34. The van der Waals surface area contributed by atoms with Crippen LogP contribution in [0.4, 0.5) is 5.69 Å². The van der Waals surface area contributed by atoms with Crippen LogP contribution in [0.2, 0.25) is 0 Å².